The van der Waals surface area contributed by atoms with Crippen molar-refractivity contribution >= 4 is 17.7 Å². The van der Waals surface area contributed by atoms with E-state index < -0.39 is 12.0 Å². The molecule has 0 bridgehead atoms. The summed E-state index contributed by atoms with van der Waals surface area (Å²) >= 11 is 0. The van der Waals surface area contributed by atoms with Gasteiger partial charge in [0.2, 0.25) is 0 Å². The van der Waals surface area contributed by atoms with Crippen LogP contribution in [0.2, 0.25) is 0 Å². The summed E-state index contributed by atoms with van der Waals surface area (Å²) in [6.45, 7) is 3.70. The summed E-state index contributed by atoms with van der Waals surface area (Å²) in [5.74, 6) is -0.809. The molecule has 0 spiro atoms. The van der Waals surface area contributed by atoms with Gasteiger partial charge in [-0.05, 0) is 17.2 Å². The minimum absolute atomic E-state index is 0.494. The van der Waals surface area contributed by atoms with E-state index in [9.17, 15) is 4.79 Å². The molecule has 0 radical (unpaired) electrons. The summed E-state index contributed by atoms with van der Waals surface area (Å²) in [4.78, 5) is 10.8. The Morgan fingerprint density at radius 2 is 2.43 bits per heavy atom. The van der Waals surface area contributed by atoms with Crippen LogP contribution in [0.4, 0.5) is 5.69 Å². The minimum Gasteiger partial charge on any atom is -0.480 e. The number of hydrogen-bond donors (Lipinski definition) is 2. The van der Waals surface area contributed by atoms with Gasteiger partial charge < -0.3 is 10.4 Å². The number of hydrogen-bond acceptors (Lipinski definition) is 2. The Bertz CT molecular complexity index is 398. The third-order valence-electron chi connectivity index (χ3n) is 2.47. The van der Waals surface area contributed by atoms with Crippen LogP contribution in [0.5, 0.6) is 0 Å². The molecule has 3 heteroatoms. The Morgan fingerprint density at radius 1 is 1.64 bits per heavy atom. The lowest BCUT2D eigenvalue weighted by Crippen LogP contribution is -2.26. The van der Waals surface area contributed by atoms with E-state index >= 15 is 0 Å². The number of benzene rings is 1. The van der Waals surface area contributed by atoms with Crippen LogP contribution < -0.4 is 5.32 Å². The molecule has 1 aliphatic heterocycles. The van der Waals surface area contributed by atoms with Crippen molar-refractivity contribution in [2.75, 3.05) is 5.32 Å². The molecule has 0 aliphatic carbocycles. The maximum absolute atomic E-state index is 10.8. The first-order chi connectivity index (χ1) is 6.72. The number of carboxylic acids is 1. The van der Waals surface area contributed by atoms with Crippen LogP contribution in [0, 0.1) is 0 Å². The molecule has 14 heavy (non-hydrogen) atoms. The third kappa shape index (κ3) is 1.27. The predicted molar refractivity (Wildman–Crippen MR) is 55.3 cm³/mol. The standard InChI is InChI=1S/C11H11NO2/c1-2-7-4-3-5-9-8(7)6-10(12-9)11(13)14/h2-5,10,12H,1,6H2,(H,13,14)/t10-/m1/s1. The molecule has 1 heterocycles. The van der Waals surface area contributed by atoms with Gasteiger partial charge in [-0.1, -0.05) is 24.8 Å². The fourth-order valence-corrected chi connectivity index (χ4v) is 1.75. The number of aliphatic carboxylic acids is 1. The Kier molecular flexibility index (Phi) is 2.00. The minimum atomic E-state index is -0.809. The number of fused-ring (bicyclic) bond motifs is 1. The number of nitrogens with one attached hydrogen (secondary N) is 1. The van der Waals surface area contributed by atoms with Crippen LogP contribution in [0.3, 0.4) is 0 Å². The van der Waals surface area contributed by atoms with E-state index in [1.54, 1.807) is 6.08 Å². The van der Waals surface area contributed by atoms with Gasteiger partial charge in [-0.2, -0.15) is 0 Å². The molecule has 0 fully saturated rings. The largest absolute Gasteiger partial charge is 0.480 e. The van der Waals surface area contributed by atoms with E-state index in [0.717, 1.165) is 16.8 Å². The second-order valence-electron chi connectivity index (χ2n) is 3.32. The molecule has 72 valence electrons. The Morgan fingerprint density at radius 3 is 3.07 bits per heavy atom. The van der Waals surface area contributed by atoms with Gasteiger partial charge in [0, 0.05) is 12.1 Å². The average Bonchev–Trinajstić information content (AvgIpc) is 2.60. The molecule has 1 aromatic carbocycles. The fourth-order valence-electron chi connectivity index (χ4n) is 1.75. The molecule has 3 nitrogen and oxygen atoms in total. The van der Waals surface area contributed by atoms with Crippen LogP contribution in [0.1, 0.15) is 11.1 Å². The van der Waals surface area contributed by atoms with Crippen LogP contribution >= 0.6 is 0 Å². The highest BCUT2D eigenvalue weighted by molar-refractivity contribution is 5.82. The first-order valence-corrected chi connectivity index (χ1v) is 4.46. The van der Waals surface area contributed by atoms with E-state index in [4.69, 9.17) is 5.11 Å². The van der Waals surface area contributed by atoms with Gasteiger partial charge in [0.25, 0.3) is 0 Å². The number of rotatable bonds is 2. The molecule has 0 saturated heterocycles. The van der Waals surface area contributed by atoms with Gasteiger partial charge in [-0.15, -0.1) is 0 Å². The molecule has 1 aromatic rings. The number of carboxylic acid groups (broad SMARTS) is 1. The maximum Gasteiger partial charge on any atom is 0.326 e. The highest BCUT2D eigenvalue weighted by atomic mass is 16.4. The van der Waals surface area contributed by atoms with Gasteiger partial charge in [0.1, 0.15) is 6.04 Å². The number of anilines is 1. The van der Waals surface area contributed by atoms with Crippen molar-refractivity contribution in [3.63, 3.8) is 0 Å². The summed E-state index contributed by atoms with van der Waals surface area (Å²) in [6, 6.07) is 5.24. The van der Waals surface area contributed by atoms with Gasteiger partial charge in [-0.3, -0.25) is 0 Å². The zero-order valence-corrected chi connectivity index (χ0v) is 7.66. The maximum atomic E-state index is 10.8. The highest BCUT2D eigenvalue weighted by Crippen LogP contribution is 2.29. The fraction of sp³-hybridized carbons (Fsp3) is 0.182. The van der Waals surface area contributed by atoms with Gasteiger partial charge in [-0.25, -0.2) is 4.79 Å². The van der Waals surface area contributed by atoms with Crippen molar-refractivity contribution in [3.05, 3.63) is 35.9 Å². The normalized spacial score (nSPS) is 18.4. The zero-order valence-electron chi connectivity index (χ0n) is 7.66. The molecule has 2 N–H and O–H groups in total. The van der Waals surface area contributed by atoms with E-state index in [2.05, 4.69) is 11.9 Å². The van der Waals surface area contributed by atoms with E-state index in [1.165, 1.54) is 0 Å². The van der Waals surface area contributed by atoms with Crippen LogP contribution in [0.15, 0.2) is 24.8 Å². The van der Waals surface area contributed by atoms with E-state index in [-0.39, 0.29) is 0 Å². The molecule has 0 unspecified atom stereocenters. The smallest absolute Gasteiger partial charge is 0.326 e. The lowest BCUT2D eigenvalue weighted by molar-refractivity contribution is -0.137. The average molecular weight is 189 g/mol. The molecular weight excluding hydrogens is 178 g/mol. The van der Waals surface area contributed by atoms with Crippen molar-refractivity contribution < 1.29 is 9.90 Å². The van der Waals surface area contributed by atoms with Crippen molar-refractivity contribution in [1.82, 2.24) is 0 Å². The van der Waals surface area contributed by atoms with Gasteiger partial charge in [0.15, 0.2) is 0 Å². The molecule has 0 aromatic heterocycles. The second kappa shape index (κ2) is 3.18. The number of carbonyl (C=O) groups is 1. The zero-order chi connectivity index (χ0) is 10.1. The Hall–Kier alpha value is -1.77. The summed E-state index contributed by atoms with van der Waals surface area (Å²) in [5, 5.41) is 11.8. The summed E-state index contributed by atoms with van der Waals surface area (Å²) in [7, 11) is 0. The van der Waals surface area contributed by atoms with E-state index in [0.29, 0.717) is 6.42 Å². The topological polar surface area (TPSA) is 49.3 Å². The predicted octanol–water partition coefficient (Wildman–Crippen LogP) is 1.75. The van der Waals surface area contributed by atoms with Gasteiger partial charge >= 0.3 is 5.97 Å². The van der Waals surface area contributed by atoms with Crippen molar-refractivity contribution in [2.45, 2.75) is 12.5 Å². The molecule has 0 saturated carbocycles. The summed E-state index contributed by atoms with van der Waals surface area (Å²) in [5.41, 5.74) is 2.98. The van der Waals surface area contributed by atoms with Crippen LogP contribution in [-0.4, -0.2) is 17.1 Å². The molecule has 0 amide bonds. The van der Waals surface area contributed by atoms with Crippen LogP contribution in [0.25, 0.3) is 6.08 Å². The van der Waals surface area contributed by atoms with Crippen LogP contribution in [-0.2, 0) is 11.2 Å². The summed E-state index contributed by atoms with van der Waals surface area (Å²) in [6.07, 6.45) is 2.29. The quantitative estimate of drug-likeness (QED) is 0.745. The van der Waals surface area contributed by atoms with E-state index in [1.807, 2.05) is 18.2 Å². The molecule has 1 atom stereocenters. The summed E-state index contributed by atoms with van der Waals surface area (Å²) < 4.78 is 0. The molecule has 1 aliphatic rings. The first-order valence-electron chi connectivity index (χ1n) is 4.46. The van der Waals surface area contributed by atoms with Crippen molar-refractivity contribution in [1.29, 1.82) is 0 Å². The monoisotopic (exact) mass is 189 g/mol. The SMILES string of the molecule is C=Cc1cccc2c1C[C@H](C(=O)O)N2. The van der Waals surface area contributed by atoms with Gasteiger partial charge in [0.05, 0.1) is 0 Å². The molecule has 2 rings (SSSR count). The first kappa shape index (κ1) is 8.81. The third-order valence-corrected chi connectivity index (χ3v) is 2.47. The molecular formula is C11H11NO2. The second-order valence-corrected chi connectivity index (χ2v) is 3.32. The Balaban J connectivity index is 2.39. The highest BCUT2D eigenvalue weighted by Gasteiger charge is 2.27. The lowest BCUT2D eigenvalue weighted by Gasteiger charge is -2.03. The Labute approximate surface area is 82.1 Å². The van der Waals surface area contributed by atoms with Crippen molar-refractivity contribution in [2.24, 2.45) is 0 Å². The lowest BCUT2D eigenvalue weighted by atomic mass is 10.0. The van der Waals surface area contributed by atoms with Crippen molar-refractivity contribution in [3.8, 4) is 0 Å².